The number of carbonyl (C=O) groups is 1. The molecule has 0 spiro atoms. The van der Waals surface area contributed by atoms with Gasteiger partial charge >= 0.3 is 0 Å². The monoisotopic (exact) mass is 436 g/mol. The molecule has 0 unspecified atom stereocenters. The first-order valence-corrected chi connectivity index (χ1v) is 10.4. The van der Waals surface area contributed by atoms with E-state index < -0.39 is 0 Å². The number of fused-ring (bicyclic) bond motifs is 1. The number of hydrogen-bond acceptors (Lipinski definition) is 6. The highest BCUT2D eigenvalue weighted by molar-refractivity contribution is 5.93. The molecule has 166 valence electrons. The van der Waals surface area contributed by atoms with Gasteiger partial charge in [-0.25, -0.2) is 14.4 Å². The molecule has 4 rings (SSSR count). The van der Waals surface area contributed by atoms with Gasteiger partial charge in [0.15, 0.2) is 11.5 Å². The third-order valence-electron chi connectivity index (χ3n) is 5.56. The lowest BCUT2D eigenvalue weighted by molar-refractivity contribution is -0.127. The molecule has 1 amide bonds. The minimum Gasteiger partial charge on any atom is -0.493 e. The number of nitrogens with zero attached hydrogens (tertiary/aromatic N) is 3. The fraction of sp³-hybridized carbons (Fsp3) is 0.292. The lowest BCUT2D eigenvalue weighted by Crippen LogP contribution is -2.41. The van der Waals surface area contributed by atoms with Gasteiger partial charge in [0.25, 0.3) is 0 Å². The highest BCUT2D eigenvalue weighted by Crippen LogP contribution is 2.36. The Morgan fingerprint density at radius 1 is 1.22 bits per heavy atom. The van der Waals surface area contributed by atoms with E-state index in [0.717, 1.165) is 11.1 Å². The van der Waals surface area contributed by atoms with Crippen molar-refractivity contribution in [3.63, 3.8) is 0 Å². The van der Waals surface area contributed by atoms with Gasteiger partial charge in [-0.05, 0) is 42.8 Å². The molecular formula is C24H25FN4O3. The topological polar surface area (TPSA) is 76.6 Å². The summed E-state index contributed by atoms with van der Waals surface area (Å²) in [7, 11) is 1.58. The number of aryl methyl sites for hydroxylation is 1. The number of amides is 1. The molecule has 1 aromatic heterocycles. The fourth-order valence-corrected chi connectivity index (χ4v) is 3.78. The van der Waals surface area contributed by atoms with E-state index in [1.54, 1.807) is 31.1 Å². The van der Waals surface area contributed by atoms with E-state index in [9.17, 15) is 9.18 Å². The van der Waals surface area contributed by atoms with Crippen molar-refractivity contribution in [2.75, 3.05) is 25.5 Å². The summed E-state index contributed by atoms with van der Waals surface area (Å²) in [5, 5.41) is 3.99. The van der Waals surface area contributed by atoms with Crippen LogP contribution >= 0.6 is 0 Å². The van der Waals surface area contributed by atoms with Crippen LogP contribution in [0.2, 0.25) is 0 Å². The molecule has 1 aliphatic rings. The summed E-state index contributed by atoms with van der Waals surface area (Å²) >= 11 is 0. The van der Waals surface area contributed by atoms with Crippen LogP contribution < -0.4 is 14.8 Å². The van der Waals surface area contributed by atoms with Crippen LogP contribution in [-0.4, -0.2) is 47.1 Å². The van der Waals surface area contributed by atoms with E-state index in [1.165, 1.54) is 18.5 Å². The van der Waals surface area contributed by atoms with E-state index in [4.69, 9.17) is 9.47 Å². The molecule has 1 fully saturated rings. The van der Waals surface area contributed by atoms with E-state index in [0.29, 0.717) is 54.3 Å². The van der Waals surface area contributed by atoms with Gasteiger partial charge in [-0.15, -0.1) is 0 Å². The van der Waals surface area contributed by atoms with Gasteiger partial charge in [0.05, 0.1) is 12.6 Å². The Labute approximate surface area is 185 Å². The van der Waals surface area contributed by atoms with Gasteiger partial charge in [0, 0.05) is 43.1 Å². The molecule has 1 saturated heterocycles. The minimum atomic E-state index is -0.260. The van der Waals surface area contributed by atoms with Crippen LogP contribution in [-0.2, 0) is 4.79 Å². The van der Waals surface area contributed by atoms with Crippen molar-refractivity contribution in [3.8, 4) is 11.5 Å². The molecule has 2 heterocycles. The predicted molar refractivity (Wildman–Crippen MR) is 121 cm³/mol. The number of rotatable bonds is 6. The molecule has 8 heteroatoms. The van der Waals surface area contributed by atoms with Crippen LogP contribution in [0.25, 0.3) is 10.9 Å². The van der Waals surface area contributed by atoms with Crippen LogP contribution in [0.4, 0.5) is 15.9 Å². The standard InChI is InChI=1S/C24H25FN4O3/c1-4-23(30)29-9-7-17(8-10-29)32-22-12-18-20(13-21(22)31-3)26-14-27-24(18)28-16-5-6-19(25)15(2)11-16/h4-6,11-14,17H,1,7-10H2,2-3H3,(H,26,27,28). The second-order valence-corrected chi connectivity index (χ2v) is 7.68. The van der Waals surface area contributed by atoms with Gasteiger partial charge in [-0.2, -0.15) is 0 Å². The van der Waals surface area contributed by atoms with Crippen LogP contribution in [0, 0.1) is 12.7 Å². The minimum absolute atomic E-state index is 0.0454. The first kappa shape index (κ1) is 21.5. The van der Waals surface area contributed by atoms with Crippen molar-refractivity contribution in [2.45, 2.75) is 25.9 Å². The van der Waals surface area contributed by atoms with E-state index in [2.05, 4.69) is 21.9 Å². The molecule has 1 aliphatic heterocycles. The maximum atomic E-state index is 13.6. The molecule has 0 atom stereocenters. The Balaban J connectivity index is 1.60. The molecule has 0 aliphatic carbocycles. The van der Waals surface area contributed by atoms with Crippen LogP contribution in [0.5, 0.6) is 11.5 Å². The van der Waals surface area contributed by atoms with Crippen molar-refractivity contribution in [1.29, 1.82) is 0 Å². The molecule has 0 saturated carbocycles. The quantitative estimate of drug-likeness (QED) is 0.578. The number of ether oxygens (including phenoxy) is 2. The number of hydrogen-bond donors (Lipinski definition) is 1. The number of piperidine rings is 1. The molecule has 7 nitrogen and oxygen atoms in total. The van der Waals surface area contributed by atoms with E-state index in [-0.39, 0.29) is 17.8 Å². The number of methoxy groups -OCH3 is 1. The maximum absolute atomic E-state index is 13.6. The zero-order valence-corrected chi connectivity index (χ0v) is 18.1. The van der Waals surface area contributed by atoms with Gasteiger partial charge < -0.3 is 19.7 Å². The average Bonchev–Trinajstić information content (AvgIpc) is 2.81. The number of carbonyl (C=O) groups excluding carboxylic acids is 1. The van der Waals surface area contributed by atoms with Crippen molar-refractivity contribution in [2.24, 2.45) is 0 Å². The van der Waals surface area contributed by atoms with Gasteiger partial charge in [0.2, 0.25) is 5.91 Å². The fourth-order valence-electron chi connectivity index (χ4n) is 3.78. The predicted octanol–water partition coefficient (Wildman–Crippen LogP) is 4.39. The number of halogens is 1. The Bertz CT molecular complexity index is 1160. The highest BCUT2D eigenvalue weighted by atomic mass is 19.1. The largest absolute Gasteiger partial charge is 0.493 e. The number of anilines is 2. The number of benzene rings is 2. The number of aromatic nitrogens is 2. The van der Waals surface area contributed by atoms with E-state index in [1.807, 2.05) is 12.1 Å². The highest BCUT2D eigenvalue weighted by Gasteiger charge is 2.24. The van der Waals surface area contributed by atoms with Gasteiger partial charge in [-0.1, -0.05) is 6.58 Å². The molecule has 0 bridgehead atoms. The smallest absolute Gasteiger partial charge is 0.245 e. The van der Waals surface area contributed by atoms with E-state index >= 15 is 0 Å². The first-order valence-electron chi connectivity index (χ1n) is 10.4. The van der Waals surface area contributed by atoms with Crippen LogP contribution in [0.1, 0.15) is 18.4 Å². The van der Waals surface area contributed by atoms with Gasteiger partial charge in [0.1, 0.15) is 24.1 Å². The summed E-state index contributed by atoms with van der Waals surface area (Å²) in [5.74, 6) is 1.42. The SMILES string of the molecule is C=CC(=O)N1CCC(Oc2cc3c(Nc4ccc(F)c(C)c4)ncnc3cc2OC)CC1. The average molecular weight is 436 g/mol. The van der Waals surface area contributed by atoms with Crippen molar-refractivity contribution >= 4 is 28.3 Å². The Morgan fingerprint density at radius 2 is 2.00 bits per heavy atom. The maximum Gasteiger partial charge on any atom is 0.245 e. The zero-order valence-electron chi connectivity index (χ0n) is 18.1. The third-order valence-corrected chi connectivity index (χ3v) is 5.56. The summed E-state index contributed by atoms with van der Waals surface area (Å²) in [6.45, 7) is 6.49. The summed E-state index contributed by atoms with van der Waals surface area (Å²) in [5.41, 5.74) is 1.96. The first-order chi connectivity index (χ1) is 15.5. The molecule has 0 radical (unpaired) electrons. The third kappa shape index (κ3) is 4.49. The normalized spacial score (nSPS) is 14.3. The van der Waals surface area contributed by atoms with Crippen LogP contribution in [0.15, 0.2) is 49.3 Å². The molecule has 2 aromatic carbocycles. The van der Waals surface area contributed by atoms with Crippen molar-refractivity contribution in [3.05, 3.63) is 60.7 Å². The molecule has 1 N–H and O–H groups in total. The van der Waals surface area contributed by atoms with Gasteiger partial charge in [-0.3, -0.25) is 4.79 Å². The summed E-state index contributed by atoms with van der Waals surface area (Å²) in [4.78, 5) is 22.3. The number of likely N-dealkylation sites (tertiary alicyclic amines) is 1. The van der Waals surface area contributed by atoms with Crippen LogP contribution in [0.3, 0.4) is 0 Å². The Hall–Kier alpha value is -3.68. The lowest BCUT2D eigenvalue weighted by Gasteiger charge is -2.31. The summed E-state index contributed by atoms with van der Waals surface area (Å²) < 4.78 is 25.4. The zero-order chi connectivity index (χ0) is 22.7. The number of nitrogens with one attached hydrogen (secondary N) is 1. The summed E-state index contributed by atoms with van der Waals surface area (Å²) in [6.07, 6.45) is 4.19. The lowest BCUT2D eigenvalue weighted by atomic mass is 10.1. The molecular weight excluding hydrogens is 411 g/mol. The van der Waals surface area contributed by atoms with Crippen molar-refractivity contribution in [1.82, 2.24) is 14.9 Å². The Morgan fingerprint density at radius 3 is 2.69 bits per heavy atom. The Kier molecular flexibility index (Phi) is 6.20. The van der Waals surface area contributed by atoms with Crippen molar-refractivity contribution < 1.29 is 18.7 Å². The summed E-state index contributed by atoms with van der Waals surface area (Å²) in [6, 6.07) is 8.47. The molecule has 32 heavy (non-hydrogen) atoms. The second kappa shape index (κ2) is 9.21. The second-order valence-electron chi connectivity index (χ2n) is 7.68. The molecule has 3 aromatic rings.